The maximum absolute atomic E-state index is 3.62. The Morgan fingerprint density at radius 1 is 0.462 bits per heavy atom. The van der Waals surface area contributed by atoms with Crippen molar-refractivity contribution in [1.29, 1.82) is 0 Å². The Bertz CT molecular complexity index is 592. The molecule has 0 bridgehead atoms. The lowest BCUT2D eigenvalue weighted by atomic mass is 9.93. The first kappa shape index (κ1) is 36.2. The van der Waals surface area contributed by atoms with Crippen LogP contribution in [0.25, 0.3) is 0 Å². The monoisotopic (exact) mass is 546 g/mol. The number of nitrogens with zero attached hydrogens (tertiary/aromatic N) is 1. The van der Waals surface area contributed by atoms with E-state index in [2.05, 4.69) is 42.7 Å². The Labute approximate surface area is 246 Å². The molecule has 230 valence electrons. The molecule has 0 aliphatic carbocycles. The summed E-state index contributed by atoms with van der Waals surface area (Å²) in [6.45, 7) is 7.99. The molecule has 1 aromatic rings. The van der Waals surface area contributed by atoms with Gasteiger partial charge < -0.3 is 0 Å². The van der Waals surface area contributed by atoms with Gasteiger partial charge in [-0.3, -0.25) is 0 Å². The largest absolute Gasteiger partial charge is 0.257 e. The van der Waals surface area contributed by atoms with Crippen molar-refractivity contribution < 1.29 is 4.57 Å². The molecule has 0 amide bonds. The fraction of sp³-hybridized carbons (Fsp3) is 0.919. The predicted molar refractivity (Wildman–Crippen MR) is 175 cm³/mol. The molecule has 1 N–H and O–H groups in total. The zero-order chi connectivity index (χ0) is 28.1. The molecule has 1 rings (SSSR count). The summed E-state index contributed by atoms with van der Waals surface area (Å²) < 4.78 is 2.46. The van der Waals surface area contributed by atoms with Gasteiger partial charge >= 0.3 is 0 Å². The van der Waals surface area contributed by atoms with Crippen LogP contribution in [0.2, 0.25) is 0 Å². The molecule has 2 nitrogen and oxygen atoms in total. The predicted octanol–water partition coefficient (Wildman–Crippen LogP) is 12.8. The average Bonchev–Trinajstić information content (AvgIpc) is 3.43. The molecule has 1 heterocycles. The Morgan fingerprint density at radius 2 is 0.769 bits per heavy atom. The van der Waals surface area contributed by atoms with Crippen LogP contribution in [0.15, 0.2) is 12.4 Å². The summed E-state index contributed by atoms with van der Waals surface area (Å²) in [5.41, 5.74) is 0. The van der Waals surface area contributed by atoms with Crippen LogP contribution in [0.3, 0.4) is 0 Å². The SMILES string of the molecule is CCCCCCCCCCCCCCCC[C@H](CCCCCCCCCCCCCCC)c1[nH]cc[n+]1CC. The van der Waals surface area contributed by atoms with Crippen LogP contribution >= 0.6 is 0 Å². The van der Waals surface area contributed by atoms with Gasteiger partial charge in [0.05, 0.1) is 12.5 Å². The van der Waals surface area contributed by atoms with Crippen LogP contribution < -0.4 is 4.57 Å². The van der Waals surface area contributed by atoms with Gasteiger partial charge in [-0.1, -0.05) is 187 Å². The number of H-pyrrole nitrogens is 1. The lowest BCUT2D eigenvalue weighted by Crippen LogP contribution is -2.36. The third kappa shape index (κ3) is 21.6. The molecule has 1 aromatic heterocycles. The van der Waals surface area contributed by atoms with Crippen LogP contribution in [0.5, 0.6) is 0 Å². The zero-order valence-corrected chi connectivity index (χ0v) is 27.4. The third-order valence-corrected chi connectivity index (χ3v) is 9.08. The number of nitrogens with one attached hydrogen (secondary N) is 1. The van der Waals surface area contributed by atoms with Crippen molar-refractivity contribution in [1.82, 2.24) is 4.98 Å². The number of unbranched alkanes of at least 4 members (excludes halogenated alkanes) is 25. The summed E-state index contributed by atoms with van der Waals surface area (Å²) in [6, 6.07) is 0. The Hall–Kier alpha value is -0.790. The molecule has 2 heteroatoms. The minimum atomic E-state index is 0.727. The van der Waals surface area contributed by atoms with Crippen LogP contribution in [0.1, 0.15) is 219 Å². The van der Waals surface area contributed by atoms with E-state index in [1.165, 1.54) is 192 Å². The highest BCUT2D eigenvalue weighted by atomic mass is 15.1. The van der Waals surface area contributed by atoms with Gasteiger partial charge in [-0.2, -0.15) is 0 Å². The fourth-order valence-corrected chi connectivity index (χ4v) is 6.42. The maximum Gasteiger partial charge on any atom is 0.257 e. The number of imidazole rings is 1. The van der Waals surface area contributed by atoms with E-state index in [9.17, 15) is 0 Å². The van der Waals surface area contributed by atoms with Gasteiger partial charge in [0, 0.05) is 0 Å². The van der Waals surface area contributed by atoms with Crippen molar-refractivity contribution in [3.05, 3.63) is 18.2 Å². The Balaban J connectivity index is 2.07. The van der Waals surface area contributed by atoms with E-state index >= 15 is 0 Å². The van der Waals surface area contributed by atoms with E-state index in [1.807, 2.05) is 0 Å². The second-order valence-electron chi connectivity index (χ2n) is 12.7. The van der Waals surface area contributed by atoms with Gasteiger partial charge in [0.1, 0.15) is 12.4 Å². The highest BCUT2D eigenvalue weighted by Gasteiger charge is 2.21. The van der Waals surface area contributed by atoms with Crippen LogP contribution in [-0.4, -0.2) is 4.98 Å². The number of aromatic nitrogens is 2. The van der Waals surface area contributed by atoms with Gasteiger partial charge in [-0.15, -0.1) is 0 Å². The maximum atomic E-state index is 3.62. The summed E-state index contributed by atoms with van der Waals surface area (Å²) >= 11 is 0. The molecule has 0 aromatic carbocycles. The van der Waals surface area contributed by atoms with Gasteiger partial charge in [0.2, 0.25) is 0 Å². The molecule has 0 aliphatic rings. The fourth-order valence-electron chi connectivity index (χ4n) is 6.42. The van der Waals surface area contributed by atoms with Crippen molar-refractivity contribution in [3.63, 3.8) is 0 Å². The first-order valence-electron chi connectivity index (χ1n) is 18.4. The van der Waals surface area contributed by atoms with Crippen molar-refractivity contribution in [2.75, 3.05) is 0 Å². The van der Waals surface area contributed by atoms with Gasteiger partial charge in [0.15, 0.2) is 0 Å². The number of hydrogen-bond donors (Lipinski definition) is 1. The molecule has 39 heavy (non-hydrogen) atoms. The average molecular weight is 546 g/mol. The van der Waals surface area contributed by atoms with Crippen molar-refractivity contribution in [3.8, 4) is 0 Å². The van der Waals surface area contributed by atoms with E-state index < -0.39 is 0 Å². The standard InChI is InChI=1S/C37H72N2/c1-4-7-9-11-13-15-17-19-21-23-25-27-29-31-33-36(37-38-34-35-39(37)6-3)32-30-28-26-24-22-20-18-16-14-12-10-8-5-2/h34-36H,4-33H2,1-3H3/p+1/t36-/m0/s1. The second kappa shape index (κ2) is 28.7. The van der Waals surface area contributed by atoms with Gasteiger partial charge in [-0.05, 0) is 19.8 Å². The lowest BCUT2D eigenvalue weighted by molar-refractivity contribution is -0.701. The van der Waals surface area contributed by atoms with E-state index in [1.54, 1.807) is 0 Å². The molecule has 0 unspecified atom stereocenters. The van der Waals surface area contributed by atoms with E-state index in [-0.39, 0.29) is 0 Å². The summed E-state index contributed by atoms with van der Waals surface area (Å²) in [5.74, 6) is 2.22. The summed E-state index contributed by atoms with van der Waals surface area (Å²) in [6.07, 6.45) is 46.2. The molecular weight excluding hydrogens is 472 g/mol. The molecule has 1 atom stereocenters. The second-order valence-corrected chi connectivity index (χ2v) is 12.7. The van der Waals surface area contributed by atoms with Gasteiger partial charge in [-0.25, -0.2) is 9.55 Å². The van der Waals surface area contributed by atoms with E-state index in [0.29, 0.717) is 0 Å². The molecule has 0 fully saturated rings. The highest BCUT2D eigenvalue weighted by molar-refractivity contribution is 4.90. The zero-order valence-electron chi connectivity index (χ0n) is 27.4. The smallest absolute Gasteiger partial charge is 0.247 e. The van der Waals surface area contributed by atoms with Crippen LogP contribution in [-0.2, 0) is 6.54 Å². The third-order valence-electron chi connectivity index (χ3n) is 9.08. The lowest BCUT2D eigenvalue weighted by Gasteiger charge is -2.14. The first-order valence-corrected chi connectivity index (χ1v) is 18.4. The van der Waals surface area contributed by atoms with Gasteiger partial charge in [0.25, 0.3) is 5.82 Å². The summed E-state index contributed by atoms with van der Waals surface area (Å²) in [4.78, 5) is 3.62. The number of aryl methyl sites for hydroxylation is 1. The van der Waals surface area contributed by atoms with Crippen molar-refractivity contribution in [2.24, 2.45) is 0 Å². The topological polar surface area (TPSA) is 19.7 Å². The Morgan fingerprint density at radius 3 is 1.08 bits per heavy atom. The van der Waals surface area contributed by atoms with Crippen LogP contribution in [0, 0.1) is 0 Å². The minimum absolute atomic E-state index is 0.727. The highest BCUT2D eigenvalue weighted by Crippen LogP contribution is 2.26. The molecule has 0 saturated carbocycles. The summed E-state index contributed by atoms with van der Waals surface area (Å²) in [5, 5.41) is 0. The molecule has 0 spiro atoms. The van der Waals surface area contributed by atoms with Crippen molar-refractivity contribution >= 4 is 0 Å². The first-order chi connectivity index (χ1) is 19.3. The molecule has 0 saturated heterocycles. The normalized spacial score (nSPS) is 12.4. The quantitative estimate of drug-likeness (QED) is 0.0707. The van der Waals surface area contributed by atoms with E-state index in [4.69, 9.17) is 0 Å². The van der Waals surface area contributed by atoms with E-state index in [0.717, 1.165) is 12.5 Å². The molecular formula is C37H73N2+. The molecule has 0 aliphatic heterocycles. The summed E-state index contributed by atoms with van der Waals surface area (Å²) in [7, 11) is 0. The minimum Gasteiger partial charge on any atom is -0.247 e. The number of aromatic amines is 1. The van der Waals surface area contributed by atoms with Crippen molar-refractivity contribution in [2.45, 2.75) is 219 Å². The number of hydrogen-bond acceptors (Lipinski definition) is 0. The Kier molecular flexibility index (Phi) is 26.7. The number of rotatable bonds is 31. The van der Waals surface area contributed by atoms with Crippen LogP contribution in [0.4, 0.5) is 0 Å². The molecule has 0 radical (unpaired) electrons.